The van der Waals surface area contributed by atoms with E-state index in [1.54, 1.807) is 4.57 Å². The molecule has 2 aromatic heterocycles. The Hall–Kier alpha value is -4.53. The maximum absolute atomic E-state index is 14.3. The Morgan fingerprint density at radius 1 is 1.12 bits per heavy atom. The van der Waals surface area contributed by atoms with Gasteiger partial charge in [0.25, 0.3) is 5.56 Å². The highest BCUT2D eigenvalue weighted by atomic mass is 16.5. The van der Waals surface area contributed by atoms with Gasteiger partial charge in [-0.2, -0.15) is 15.2 Å². The molecule has 4 heterocycles. The first-order valence-corrected chi connectivity index (χ1v) is 13.9. The lowest BCUT2D eigenvalue weighted by Gasteiger charge is -2.37. The molecule has 0 saturated carbocycles. The zero-order chi connectivity index (χ0) is 28.6. The van der Waals surface area contributed by atoms with Crippen LogP contribution in [0.4, 0.5) is 17.6 Å². The number of hydrogen-bond acceptors (Lipinski definition) is 10. The van der Waals surface area contributed by atoms with Gasteiger partial charge in [-0.1, -0.05) is 30.3 Å². The lowest BCUT2D eigenvalue weighted by Crippen LogP contribution is -2.44. The molecule has 0 aliphatic carbocycles. The highest BCUT2D eigenvalue weighted by Gasteiger charge is 2.43. The molecule has 6 rings (SSSR count). The van der Waals surface area contributed by atoms with Crippen molar-refractivity contribution in [2.24, 2.45) is 5.41 Å². The summed E-state index contributed by atoms with van der Waals surface area (Å²) in [5.41, 5.74) is 14.3. The third-order valence-corrected chi connectivity index (χ3v) is 8.09. The number of anilines is 3. The van der Waals surface area contributed by atoms with Gasteiger partial charge in [-0.15, -0.1) is 0 Å². The van der Waals surface area contributed by atoms with Gasteiger partial charge in [-0.05, 0) is 63.0 Å². The van der Waals surface area contributed by atoms with Gasteiger partial charge >= 0.3 is 0 Å². The Kier molecular flexibility index (Phi) is 7.03. The molecule has 2 fully saturated rings. The van der Waals surface area contributed by atoms with Crippen molar-refractivity contribution in [2.75, 3.05) is 49.6 Å². The van der Waals surface area contributed by atoms with Crippen molar-refractivity contribution in [1.29, 1.82) is 5.26 Å². The van der Waals surface area contributed by atoms with E-state index in [9.17, 15) is 10.1 Å². The molecule has 0 amide bonds. The fraction of sp³-hybridized carbons (Fsp3) is 0.367. The van der Waals surface area contributed by atoms with Crippen molar-refractivity contribution in [1.82, 2.24) is 24.4 Å². The highest BCUT2D eigenvalue weighted by molar-refractivity contribution is 5.82. The van der Waals surface area contributed by atoms with Crippen LogP contribution in [0, 0.1) is 16.7 Å². The third kappa shape index (κ3) is 5.08. The number of aromatic nitrogens is 4. The molecule has 0 unspecified atom stereocenters. The minimum absolute atomic E-state index is 0.0172. The molecule has 2 aromatic carbocycles. The van der Waals surface area contributed by atoms with E-state index in [2.05, 4.69) is 20.2 Å². The molecule has 2 saturated heterocycles. The second kappa shape index (κ2) is 10.8. The molecule has 11 heteroatoms. The first-order chi connectivity index (χ1) is 19.9. The van der Waals surface area contributed by atoms with Crippen molar-refractivity contribution in [3.8, 4) is 11.8 Å². The maximum Gasteiger partial charge on any atom is 0.266 e. The number of nitrogen functional groups attached to an aromatic ring is 2. The molecule has 41 heavy (non-hydrogen) atoms. The Morgan fingerprint density at radius 3 is 2.63 bits per heavy atom. The molecule has 1 spiro atoms. The molecule has 4 aromatic rings. The van der Waals surface area contributed by atoms with E-state index in [-0.39, 0.29) is 28.7 Å². The summed E-state index contributed by atoms with van der Waals surface area (Å²) in [5.74, 6) is 0.578. The summed E-state index contributed by atoms with van der Waals surface area (Å²) >= 11 is 0. The van der Waals surface area contributed by atoms with Crippen LogP contribution in [-0.4, -0.2) is 57.3 Å². The molecular weight excluding hydrogens is 518 g/mol. The monoisotopic (exact) mass is 551 g/mol. The number of likely N-dealkylation sites (tertiary alicyclic amines) is 1. The zero-order valence-corrected chi connectivity index (χ0v) is 23.0. The summed E-state index contributed by atoms with van der Waals surface area (Å²) in [7, 11) is 0. The van der Waals surface area contributed by atoms with Crippen LogP contribution in [0.5, 0.6) is 0 Å². The van der Waals surface area contributed by atoms with Crippen molar-refractivity contribution >= 4 is 28.5 Å². The summed E-state index contributed by atoms with van der Waals surface area (Å²) in [4.78, 5) is 29.8. The number of ether oxygens (including phenoxy) is 1. The van der Waals surface area contributed by atoms with Gasteiger partial charge in [0.2, 0.25) is 5.95 Å². The second-order valence-corrected chi connectivity index (χ2v) is 11.0. The van der Waals surface area contributed by atoms with Gasteiger partial charge in [0.05, 0.1) is 35.8 Å². The van der Waals surface area contributed by atoms with Crippen molar-refractivity contribution in [3.05, 3.63) is 75.8 Å². The molecule has 2 aliphatic heterocycles. The van der Waals surface area contributed by atoms with Gasteiger partial charge in [-0.25, -0.2) is 4.98 Å². The van der Waals surface area contributed by atoms with E-state index >= 15 is 0 Å². The number of hydrogen-bond donors (Lipinski definition) is 3. The molecule has 0 bridgehead atoms. The van der Waals surface area contributed by atoms with E-state index in [0.29, 0.717) is 27.8 Å². The lowest BCUT2D eigenvalue weighted by atomic mass is 9.85. The quantitative estimate of drug-likeness (QED) is 0.297. The van der Waals surface area contributed by atoms with E-state index < -0.39 is 6.04 Å². The number of nitrogens with one attached hydrogen (secondary N) is 1. The SMILES string of the molecule is C[C@H](Nc1nc(N)nc(N)c1C#N)c1nc2cccc(CCCN3CCC4(COC4)C3)c2c(=O)n1-c1ccccc1. The molecule has 5 N–H and O–H groups in total. The summed E-state index contributed by atoms with van der Waals surface area (Å²) in [5, 5.41) is 13.4. The predicted molar refractivity (Wildman–Crippen MR) is 158 cm³/mol. The van der Waals surface area contributed by atoms with Crippen molar-refractivity contribution in [2.45, 2.75) is 32.2 Å². The Balaban J connectivity index is 1.35. The Bertz CT molecular complexity index is 1690. The zero-order valence-electron chi connectivity index (χ0n) is 23.0. The van der Waals surface area contributed by atoms with Crippen LogP contribution in [0.2, 0.25) is 0 Å². The number of para-hydroxylation sites is 1. The van der Waals surface area contributed by atoms with Gasteiger partial charge in [0.1, 0.15) is 23.3 Å². The van der Waals surface area contributed by atoms with Crippen LogP contribution in [0.3, 0.4) is 0 Å². The number of nitrogens with zero attached hydrogens (tertiary/aromatic N) is 6. The van der Waals surface area contributed by atoms with E-state index in [0.717, 1.165) is 51.3 Å². The molecule has 210 valence electrons. The minimum Gasteiger partial charge on any atom is -0.382 e. The fourth-order valence-corrected chi connectivity index (χ4v) is 5.96. The molecule has 0 radical (unpaired) electrons. The third-order valence-electron chi connectivity index (χ3n) is 8.09. The van der Waals surface area contributed by atoms with E-state index in [4.69, 9.17) is 21.2 Å². The van der Waals surface area contributed by atoms with Gasteiger partial charge < -0.3 is 26.4 Å². The normalized spacial score (nSPS) is 16.9. The number of rotatable bonds is 8. The average molecular weight is 552 g/mol. The summed E-state index contributed by atoms with van der Waals surface area (Å²) in [6.45, 7) is 6.79. The predicted octanol–water partition coefficient (Wildman–Crippen LogP) is 3.04. The van der Waals surface area contributed by atoms with E-state index in [1.807, 2.05) is 61.5 Å². The molecular formula is C30H33N9O2. The minimum atomic E-state index is -0.533. The van der Waals surface area contributed by atoms with Gasteiger partial charge in [0, 0.05) is 12.0 Å². The molecule has 1 atom stereocenters. The largest absolute Gasteiger partial charge is 0.382 e. The summed E-state index contributed by atoms with van der Waals surface area (Å²) in [6.07, 6.45) is 2.93. The van der Waals surface area contributed by atoms with Crippen molar-refractivity contribution in [3.63, 3.8) is 0 Å². The Morgan fingerprint density at radius 2 is 1.93 bits per heavy atom. The lowest BCUT2D eigenvalue weighted by molar-refractivity contribution is -0.104. The second-order valence-electron chi connectivity index (χ2n) is 11.0. The van der Waals surface area contributed by atoms with Crippen LogP contribution >= 0.6 is 0 Å². The topological polar surface area (TPSA) is 161 Å². The number of benzene rings is 2. The highest BCUT2D eigenvalue weighted by Crippen LogP contribution is 2.37. The summed E-state index contributed by atoms with van der Waals surface area (Å²) in [6, 6.07) is 16.8. The smallest absolute Gasteiger partial charge is 0.266 e. The van der Waals surface area contributed by atoms with Crippen LogP contribution in [-0.2, 0) is 11.2 Å². The Labute approximate surface area is 237 Å². The van der Waals surface area contributed by atoms with Gasteiger partial charge in [-0.3, -0.25) is 9.36 Å². The van der Waals surface area contributed by atoms with Crippen LogP contribution < -0.4 is 22.3 Å². The first kappa shape index (κ1) is 26.7. The van der Waals surface area contributed by atoms with Crippen LogP contribution in [0.25, 0.3) is 16.6 Å². The van der Waals surface area contributed by atoms with E-state index in [1.165, 1.54) is 6.42 Å². The van der Waals surface area contributed by atoms with Crippen LogP contribution in [0.15, 0.2) is 53.3 Å². The summed E-state index contributed by atoms with van der Waals surface area (Å²) < 4.78 is 7.10. The average Bonchev–Trinajstić information content (AvgIpc) is 3.39. The maximum atomic E-state index is 14.3. The van der Waals surface area contributed by atoms with Crippen molar-refractivity contribution < 1.29 is 4.74 Å². The van der Waals surface area contributed by atoms with Crippen LogP contribution in [0.1, 0.15) is 42.8 Å². The standard InChI is InChI=1S/C30H33N9O2/c1-19(34-26-22(15-31)25(32)36-29(33)37-26)27-35-23-11-5-7-20(8-6-13-38-14-12-30(16-38)17-41-18-30)24(23)28(40)39(27)21-9-3-2-4-10-21/h2-5,7,9-11,19H,6,8,12-14,16-18H2,1H3,(H5,32,33,34,36,37)/t19-/m0/s1. The fourth-order valence-electron chi connectivity index (χ4n) is 5.96. The number of aryl methyl sites for hydroxylation is 1. The molecule has 11 nitrogen and oxygen atoms in total. The number of nitrogens with two attached hydrogens (primary N) is 2. The first-order valence-electron chi connectivity index (χ1n) is 13.9. The molecule has 2 aliphatic rings. The number of nitriles is 1. The van der Waals surface area contributed by atoms with Gasteiger partial charge in [0.15, 0.2) is 5.82 Å². The number of fused-ring (bicyclic) bond motifs is 1.